The van der Waals surface area contributed by atoms with E-state index in [1.54, 1.807) is 13.2 Å². The molecule has 128 valence electrons. The molecule has 5 aliphatic carbocycles. The van der Waals surface area contributed by atoms with Gasteiger partial charge in [-0.15, -0.1) is 0 Å². The van der Waals surface area contributed by atoms with Crippen LogP contribution in [0.25, 0.3) is 0 Å². The van der Waals surface area contributed by atoms with Crippen molar-refractivity contribution in [3.05, 3.63) is 35.4 Å². The molecule has 0 saturated heterocycles. The van der Waals surface area contributed by atoms with Crippen LogP contribution in [0.5, 0.6) is 11.5 Å². The van der Waals surface area contributed by atoms with E-state index in [4.69, 9.17) is 9.47 Å². The van der Waals surface area contributed by atoms with Crippen molar-refractivity contribution in [2.75, 3.05) is 7.11 Å². The van der Waals surface area contributed by atoms with Gasteiger partial charge in [0.1, 0.15) is 5.60 Å². The van der Waals surface area contributed by atoms with Gasteiger partial charge in [0.2, 0.25) is 0 Å². The molecule has 1 heterocycles. The molecular weight excluding hydrogens is 316 g/mol. The fraction of sp³-hybridized carbons (Fsp3) is 0.571. The summed E-state index contributed by atoms with van der Waals surface area (Å²) < 4.78 is 11.8. The molecule has 4 heteroatoms. The van der Waals surface area contributed by atoms with Crippen LogP contribution in [0.3, 0.4) is 0 Å². The van der Waals surface area contributed by atoms with E-state index in [2.05, 4.69) is 13.0 Å². The van der Waals surface area contributed by atoms with E-state index >= 15 is 0 Å². The van der Waals surface area contributed by atoms with Crippen molar-refractivity contribution in [3.63, 3.8) is 0 Å². The molecule has 6 aliphatic rings. The predicted molar refractivity (Wildman–Crippen MR) is 88.6 cm³/mol. The Balaban J connectivity index is 1.65. The molecule has 0 radical (unpaired) electrons. The van der Waals surface area contributed by atoms with Gasteiger partial charge in [-0.1, -0.05) is 13.0 Å². The highest BCUT2D eigenvalue weighted by Gasteiger charge is 2.94. The zero-order chi connectivity index (χ0) is 16.9. The van der Waals surface area contributed by atoms with Gasteiger partial charge in [0.15, 0.2) is 23.4 Å². The molecule has 4 bridgehead atoms. The topological polar surface area (TPSA) is 55.8 Å². The van der Waals surface area contributed by atoms with E-state index in [0.717, 1.165) is 18.4 Å². The lowest BCUT2D eigenvalue weighted by Crippen LogP contribution is -2.64. The van der Waals surface area contributed by atoms with Gasteiger partial charge in [0.25, 0.3) is 0 Å². The Labute approximate surface area is 145 Å². The van der Waals surface area contributed by atoms with Gasteiger partial charge in [0.05, 0.1) is 12.5 Å². The third-order valence-corrected chi connectivity index (χ3v) is 9.02. The van der Waals surface area contributed by atoms with Crippen LogP contribution in [0.4, 0.5) is 0 Å². The standard InChI is InChI=1S/C21H20O4/c1-9-11-8-13-12-7-10-3-4-15(24-2)17-16(10)21(13)18(25-17)14(22)5-6-19(21,23)20(9,11)12/h3-6,9,11-13,18,23H,7-8H2,1-2H3/t9?,11?,12?,13?,18-,19+,20?,21-/m0/s1. The summed E-state index contributed by atoms with van der Waals surface area (Å²) in [5.41, 5.74) is 0.663. The number of benzene rings is 1. The average molecular weight is 336 g/mol. The molecule has 1 aromatic rings. The summed E-state index contributed by atoms with van der Waals surface area (Å²) in [6, 6.07) is 4.08. The third kappa shape index (κ3) is 0.919. The van der Waals surface area contributed by atoms with Crippen molar-refractivity contribution in [1.82, 2.24) is 0 Å². The summed E-state index contributed by atoms with van der Waals surface area (Å²) in [5.74, 6) is 3.24. The highest BCUT2D eigenvalue weighted by Crippen LogP contribution is 2.90. The number of methoxy groups -OCH3 is 1. The molecule has 3 saturated carbocycles. The summed E-state index contributed by atoms with van der Waals surface area (Å²) in [4.78, 5) is 12.9. The van der Waals surface area contributed by atoms with Crippen molar-refractivity contribution in [1.29, 1.82) is 0 Å². The van der Waals surface area contributed by atoms with Crippen molar-refractivity contribution >= 4 is 5.78 Å². The minimum atomic E-state index is -0.973. The van der Waals surface area contributed by atoms with Crippen LogP contribution in [0.1, 0.15) is 24.5 Å². The second kappa shape index (κ2) is 3.39. The van der Waals surface area contributed by atoms with Crippen LogP contribution in [-0.2, 0) is 16.6 Å². The van der Waals surface area contributed by atoms with E-state index in [0.29, 0.717) is 35.2 Å². The molecule has 5 unspecified atom stereocenters. The first kappa shape index (κ1) is 13.4. The summed E-state index contributed by atoms with van der Waals surface area (Å²) in [6.45, 7) is 2.29. The Hall–Kier alpha value is -1.81. The van der Waals surface area contributed by atoms with Gasteiger partial charge < -0.3 is 14.6 Å². The second-order valence-electron chi connectivity index (χ2n) is 8.98. The highest BCUT2D eigenvalue weighted by molar-refractivity contribution is 5.99. The van der Waals surface area contributed by atoms with Crippen LogP contribution < -0.4 is 9.47 Å². The van der Waals surface area contributed by atoms with Gasteiger partial charge in [-0.05, 0) is 60.3 Å². The lowest BCUT2D eigenvalue weighted by Gasteiger charge is -2.50. The molecular formula is C21H20O4. The van der Waals surface area contributed by atoms with Crippen LogP contribution in [0, 0.1) is 29.1 Å². The van der Waals surface area contributed by atoms with E-state index < -0.39 is 17.1 Å². The van der Waals surface area contributed by atoms with Gasteiger partial charge in [-0.3, -0.25) is 4.79 Å². The van der Waals surface area contributed by atoms with Crippen molar-refractivity contribution < 1.29 is 19.4 Å². The average Bonchev–Trinajstić information content (AvgIpc) is 2.92. The maximum absolute atomic E-state index is 12.9. The molecule has 0 amide bonds. The van der Waals surface area contributed by atoms with E-state index in [-0.39, 0.29) is 11.2 Å². The van der Waals surface area contributed by atoms with Gasteiger partial charge >= 0.3 is 0 Å². The predicted octanol–water partition coefficient (Wildman–Crippen LogP) is 2.02. The van der Waals surface area contributed by atoms with Gasteiger partial charge in [-0.25, -0.2) is 0 Å². The summed E-state index contributed by atoms with van der Waals surface area (Å²) in [5, 5.41) is 12.2. The molecule has 1 aliphatic heterocycles. The molecule has 7 rings (SSSR count). The largest absolute Gasteiger partial charge is 0.493 e. The smallest absolute Gasteiger partial charge is 0.196 e. The lowest BCUT2D eigenvalue weighted by molar-refractivity contribution is -0.137. The molecule has 25 heavy (non-hydrogen) atoms. The summed E-state index contributed by atoms with van der Waals surface area (Å²) in [7, 11) is 1.64. The van der Waals surface area contributed by atoms with Gasteiger partial charge in [-0.2, -0.15) is 0 Å². The molecule has 3 fully saturated rings. The van der Waals surface area contributed by atoms with E-state index in [9.17, 15) is 9.90 Å². The number of aliphatic hydroxyl groups is 1. The van der Waals surface area contributed by atoms with Crippen molar-refractivity contribution in [2.45, 2.75) is 36.9 Å². The van der Waals surface area contributed by atoms with Crippen molar-refractivity contribution in [2.24, 2.45) is 29.1 Å². The number of rotatable bonds is 1. The number of ketones is 1. The van der Waals surface area contributed by atoms with Crippen LogP contribution in [-0.4, -0.2) is 29.7 Å². The summed E-state index contributed by atoms with van der Waals surface area (Å²) >= 11 is 0. The Bertz CT molecular complexity index is 934. The highest BCUT2D eigenvalue weighted by atomic mass is 16.5. The first-order valence-corrected chi connectivity index (χ1v) is 9.36. The zero-order valence-electron chi connectivity index (χ0n) is 14.3. The number of carbonyl (C=O) groups excluding carboxylic acids is 1. The minimum Gasteiger partial charge on any atom is -0.493 e. The maximum Gasteiger partial charge on any atom is 0.196 e. The molecule has 0 aromatic heterocycles. The number of hydrogen-bond acceptors (Lipinski definition) is 4. The van der Waals surface area contributed by atoms with Crippen LogP contribution >= 0.6 is 0 Å². The first-order valence-electron chi connectivity index (χ1n) is 9.36. The van der Waals surface area contributed by atoms with E-state index in [1.165, 1.54) is 5.56 Å². The molecule has 1 N–H and O–H groups in total. The van der Waals surface area contributed by atoms with Crippen molar-refractivity contribution in [3.8, 4) is 11.5 Å². The van der Waals surface area contributed by atoms with Crippen LogP contribution in [0.15, 0.2) is 24.3 Å². The number of ether oxygens (including phenoxy) is 2. The lowest BCUT2D eigenvalue weighted by atomic mass is 9.53. The number of carbonyl (C=O) groups is 1. The monoisotopic (exact) mass is 336 g/mol. The third-order valence-electron chi connectivity index (χ3n) is 9.02. The molecule has 8 atom stereocenters. The molecule has 2 spiro atoms. The number of hydrogen-bond donors (Lipinski definition) is 1. The molecule has 1 aromatic carbocycles. The second-order valence-corrected chi connectivity index (χ2v) is 8.98. The first-order chi connectivity index (χ1) is 12.0. The Kier molecular flexibility index (Phi) is 1.82. The summed E-state index contributed by atoms with van der Waals surface area (Å²) in [6.07, 6.45) is 4.93. The van der Waals surface area contributed by atoms with Gasteiger partial charge in [0, 0.05) is 11.0 Å². The maximum atomic E-state index is 12.9. The minimum absolute atomic E-state index is 0.0108. The fourth-order valence-corrected chi connectivity index (χ4v) is 8.54. The fourth-order valence-electron chi connectivity index (χ4n) is 8.54. The SMILES string of the molecule is COc1ccc2c3c1O[C@H]1C(=O)C=C[C@@]4(O)C56C(C)C5CC(C6C2)[C@]314. The normalized spacial score (nSPS) is 54.2. The zero-order valence-corrected chi connectivity index (χ0v) is 14.3. The Morgan fingerprint density at radius 2 is 2.12 bits per heavy atom. The Morgan fingerprint density at radius 3 is 2.92 bits per heavy atom. The van der Waals surface area contributed by atoms with E-state index in [1.807, 2.05) is 12.1 Å². The quantitative estimate of drug-likeness (QED) is 0.852. The molecule has 4 nitrogen and oxygen atoms in total. The van der Waals surface area contributed by atoms with Crippen LogP contribution in [0.2, 0.25) is 0 Å². The Morgan fingerprint density at radius 1 is 1.28 bits per heavy atom.